The number of benzene rings is 1. The third-order valence-corrected chi connectivity index (χ3v) is 3.25. The molecule has 1 aromatic carbocycles. The molecule has 1 aliphatic carbocycles. The van der Waals surface area contributed by atoms with Crippen molar-refractivity contribution in [3.8, 4) is 0 Å². The number of nitrogens with one attached hydrogen (secondary N) is 1. The topological polar surface area (TPSA) is 49.3 Å². The zero-order valence-electron chi connectivity index (χ0n) is 8.87. The van der Waals surface area contributed by atoms with Gasteiger partial charge in [0, 0.05) is 11.7 Å². The first-order valence-corrected chi connectivity index (χ1v) is 5.84. The molecule has 1 aliphatic rings. The predicted molar refractivity (Wildman–Crippen MR) is 64.3 cm³/mol. The first-order chi connectivity index (χ1) is 7.66. The van der Waals surface area contributed by atoms with Gasteiger partial charge in [0.15, 0.2) is 0 Å². The lowest BCUT2D eigenvalue weighted by Crippen LogP contribution is -2.14. The number of halogens is 1. The summed E-state index contributed by atoms with van der Waals surface area (Å²) in [4.78, 5) is 10.9. The maximum atomic E-state index is 10.9. The van der Waals surface area contributed by atoms with Crippen molar-refractivity contribution < 1.29 is 9.90 Å². The maximum Gasteiger partial charge on any atom is 0.337 e. The summed E-state index contributed by atoms with van der Waals surface area (Å²) in [6, 6.07) is 5.53. The number of anilines is 1. The van der Waals surface area contributed by atoms with Crippen molar-refractivity contribution in [3.63, 3.8) is 0 Å². The number of carbonyl (C=O) groups is 1. The molecule has 1 aromatic rings. The second-order valence-corrected chi connectivity index (χ2v) is 4.53. The van der Waals surface area contributed by atoms with Gasteiger partial charge in [-0.1, -0.05) is 24.4 Å². The van der Waals surface area contributed by atoms with E-state index in [2.05, 4.69) is 5.32 Å². The maximum absolute atomic E-state index is 10.9. The van der Waals surface area contributed by atoms with E-state index in [0.29, 0.717) is 6.04 Å². The number of aromatic carboxylic acids is 1. The van der Waals surface area contributed by atoms with E-state index in [0.717, 1.165) is 18.5 Å². The van der Waals surface area contributed by atoms with Crippen molar-refractivity contribution in [2.45, 2.75) is 31.7 Å². The van der Waals surface area contributed by atoms with E-state index in [1.807, 2.05) is 6.07 Å². The molecule has 1 saturated carbocycles. The van der Waals surface area contributed by atoms with Gasteiger partial charge in [0.05, 0.1) is 10.6 Å². The summed E-state index contributed by atoms with van der Waals surface area (Å²) in [5.41, 5.74) is 0.998. The highest BCUT2D eigenvalue weighted by Crippen LogP contribution is 2.25. The van der Waals surface area contributed by atoms with Crippen molar-refractivity contribution in [2.75, 3.05) is 5.32 Å². The molecule has 2 N–H and O–H groups in total. The minimum absolute atomic E-state index is 0.157. The fraction of sp³-hybridized carbons (Fsp3) is 0.417. The van der Waals surface area contributed by atoms with Gasteiger partial charge in [0.2, 0.25) is 0 Å². The Morgan fingerprint density at radius 3 is 2.69 bits per heavy atom. The van der Waals surface area contributed by atoms with Gasteiger partial charge in [-0.3, -0.25) is 0 Å². The van der Waals surface area contributed by atoms with Crippen LogP contribution in [0.4, 0.5) is 5.69 Å². The number of carboxylic acids is 1. The lowest BCUT2D eigenvalue weighted by Gasteiger charge is -2.14. The van der Waals surface area contributed by atoms with E-state index in [1.165, 1.54) is 12.8 Å². The molecule has 4 heteroatoms. The second-order valence-electron chi connectivity index (χ2n) is 4.13. The summed E-state index contributed by atoms with van der Waals surface area (Å²) < 4.78 is 0. The van der Waals surface area contributed by atoms with Crippen LogP contribution in [0.5, 0.6) is 0 Å². The predicted octanol–water partition coefficient (Wildman–Crippen LogP) is 3.39. The monoisotopic (exact) mass is 239 g/mol. The SMILES string of the molecule is O=C(O)c1cc(NC2CCCC2)ccc1Cl. The van der Waals surface area contributed by atoms with Crippen molar-refractivity contribution >= 4 is 23.3 Å². The van der Waals surface area contributed by atoms with Gasteiger partial charge in [0.1, 0.15) is 0 Å². The Labute approximate surface area is 99.4 Å². The summed E-state index contributed by atoms with van der Waals surface area (Å²) in [6.45, 7) is 0. The molecule has 0 heterocycles. The van der Waals surface area contributed by atoms with E-state index in [9.17, 15) is 4.79 Å². The third-order valence-electron chi connectivity index (χ3n) is 2.92. The van der Waals surface area contributed by atoms with Gasteiger partial charge in [0.25, 0.3) is 0 Å². The molecule has 0 radical (unpaired) electrons. The highest BCUT2D eigenvalue weighted by atomic mass is 35.5. The van der Waals surface area contributed by atoms with Gasteiger partial charge in [-0.15, -0.1) is 0 Å². The van der Waals surface area contributed by atoms with Gasteiger partial charge >= 0.3 is 5.97 Å². The summed E-state index contributed by atoms with van der Waals surface area (Å²) in [5.74, 6) is -0.986. The standard InChI is InChI=1S/C12H14ClNO2/c13-11-6-5-9(7-10(11)12(15)16)14-8-3-1-2-4-8/h5-8,14H,1-4H2,(H,15,16). The third kappa shape index (κ3) is 2.47. The lowest BCUT2D eigenvalue weighted by atomic mass is 10.1. The van der Waals surface area contributed by atoms with Crippen LogP contribution in [0.15, 0.2) is 18.2 Å². The lowest BCUT2D eigenvalue weighted by molar-refractivity contribution is 0.0697. The Kier molecular flexibility index (Phi) is 3.34. The average Bonchev–Trinajstić information content (AvgIpc) is 2.73. The number of carboxylic acid groups (broad SMARTS) is 1. The number of hydrogen-bond donors (Lipinski definition) is 2. The molecule has 0 amide bonds. The Morgan fingerprint density at radius 2 is 2.06 bits per heavy atom. The van der Waals surface area contributed by atoms with Crippen LogP contribution >= 0.6 is 11.6 Å². The van der Waals surface area contributed by atoms with E-state index >= 15 is 0 Å². The van der Waals surface area contributed by atoms with Crippen molar-refractivity contribution in [3.05, 3.63) is 28.8 Å². The Hall–Kier alpha value is -1.22. The van der Waals surface area contributed by atoms with E-state index in [-0.39, 0.29) is 10.6 Å². The molecule has 0 aliphatic heterocycles. The summed E-state index contributed by atoms with van der Waals surface area (Å²) in [7, 11) is 0. The second kappa shape index (κ2) is 4.74. The minimum Gasteiger partial charge on any atom is -0.478 e. The van der Waals surface area contributed by atoms with E-state index < -0.39 is 5.97 Å². The quantitative estimate of drug-likeness (QED) is 0.850. The number of rotatable bonds is 3. The van der Waals surface area contributed by atoms with E-state index in [4.69, 9.17) is 16.7 Å². The van der Waals surface area contributed by atoms with Crippen molar-refractivity contribution in [1.29, 1.82) is 0 Å². The molecular weight excluding hydrogens is 226 g/mol. The zero-order valence-corrected chi connectivity index (χ0v) is 9.63. The number of hydrogen-bond acceptors (Lipinski definition) is 2. The molecule has 0 atom stereocenters. The first-order valence-electron chi connectivity index (χ1n) is 5.46. The van der Waals surface area contributed by atoms with Crippen LogP contribution in [0.3, 0.4) is 0 Å². The minimum atomic E-state index is -0.986. The molecule has 86 valence electrons. The molecule has 16 heavy (non-hydrogen) atoms. The first kappa shape index (κ1) is 11.3. The van der Waals surface area contributed by atoms with E-state index in [1.54, 1.807) is 12.1 Å². The summed E-state index contributed by atoms with van der Waals surface area (Å²) in [6.07, 6.45) is 4.81. The molecule has 0 saturated heterocycles. The van der Waals surface area contributed by atoms with Crippen LogP contribution < -0.4 is 5.32 Å². The Morgan fingerprint density at radius 1 is 1.38 bits per heavy atom. The smallest absolute Gasteiger partial charge is 0.337 e. The molecule has 0 unspecified atom stereocenters. The fourth-order valence-electron chi connectivity index (χ4n) is 2.08. The zero-order chi connectivity index (χ0) is 11.5. The highest BCUT2D eigenvalue weighted by molar-refractivity contribution is 6.33. The normalized spacial score (nSPS) is 16.3. The Bertz CT molecular complexity index is 400. The molecule has 1 fully saturated rings. The molecule has 2 rings (SSSR count). The molecule has 0 aromatic heterocycles. The van der Waals surface area contributed by atoms with Gasteiger partial charge in [-0.05, 0) is 31.0 Å². The van der Waals surface area contributed by atoms with Crippen LogP contribution in [0.1, 0.15) is 36.0 Å². The largest absolute Gasteiger partial charge is 0.478 e. The molecule has 0 bridgehead atoms. The molecule has 3 nitrogen and oxygen atoms in total. The summed E-state index contributed by atoms with van der Waals surface area (Å²) in [5, 5.41) is 12.6. The van der Waals surface area contributed by atoms with Crippen LogP contribution in [0, 0.1) is 0 Å². The van der Waals surface area contributed by atoms with Gasteiger partial charge in [-0.25, -0.2) is 4.79 Å². The van der Waals surface area contributed by atoms with Crippen LogP contribution in [0.25, 0.3) is 0 Å². The molecule has 0 spiro atoms. The fourth-order valence-corrected chi connectivity index (χ4v) is 2.28. The Balaban J connectivity index is 2.15. The van der Waals surface area contributed by atoms with Gasteiger partial charge < -0.3 is 10.4 Å². The highest BCUT2D eigenvalue weighted by Gasteiger charge is 2.16. The summed E-state index contributed by atoms with van der Waals surface area (Å²) >= 11 is 5.80. The van der Waals surface area contributed by atoms with Gasteiger partial charge in [-0.2, -0.15) is 0 Å². The molecular formula is C12H14ClNO2. The van der Waals surface area contributed by atoms with Crippen LogP contribution in [-0.4, -0.2) is 17.1 Å². The van der Waals surface area contributed by atoms with Crippen LogP contribution in [0.2, 0.25) is 5.02 Å². The van der Waals surface area contributed by atoms with Crippen molar-refractivity contribution in [1.82, 2.24) is 0 Å². The van der Waals surface area contributed by atoms with Crippen molar-refractivity contribution in [2.24, 2.45) is 0 Å². The van der Waals surface area contributed by atoms with Crippen LogP contribution in [-0.2, 0) is 0 Å². The average molecular weight is 240 g/mol.